The molecule has 2 heteroatoms. The molecule has 0 aliphatic carbocycles. The molecule has 0 saturated carbocycles. The zero-order chi connectivity index (χ0) is 7.33. The molecule has 52 valence electrons. The molecule has 2 nitrogen and oxygen atoms in total. The van der Waals surface area contributed by atoms with Crippen LogP contribution < -0.4 is 5.73 Å². The molecule has 0 heterocycles. The van der Waals surface area contributed by atoms with Crippen molar-refractivity contribution in [2.45, 2.75) is 26.4 Å². The van der Waals surface area contributed by atoms with Gasteiger partial charge in [-0.1, -0.05) is 5.92 Å². The third-order valence-electron chi connectivity index (χ3n) is 0.870. The first-order chi connectivity index (χ1) is 4.12. The van der Waals surface area contributed by atoms with E-state index >= 15 is 0 Å². The average Bonchev–Trinajstić information content (AvgIpc) is 1.64. The molecule has 0 aromatic rings. The zero-order valence-electron chi connectivity index (χ0n) is 6.19. The Hall–Kier alpha value is -0.520. The summed E-state index contributed by atoms with van der Waals surface area (Å²) in [6.07, 6.45) is 0. The predicted molar refractivity (Wildman–Crippen MR) is 37.7 cm³/mol. The van der Waals surface area contributed by atoms with Gasteiger partial charge in [-0.05, 0) is 20.8 Å². The highest BCUT2D eigenvalue weighted by Gasteiger charge is 2.11. The fourth-order valence-corrected chi connectivity index (χ4v) is 0.545. The summed E-state index contributed by atoms with van der Waals surface area (Å²) in [4.78, 5) is 0. The van der Waals surface area contributed by atoms with Gasteiger partial charge >= 0.3 is 0 Å². The van der Waals surface area contributed by atoms with Crippen LogP contribution in [-0.4, -0.2) is 12.3 Å². The van der Waals surface area contributed by atoms with E-state index in [1.807, 2.05) is 13.8 Å². The molecule has 0 bridgehead atoms. The second-order valence-electron chi connectivity index (χ2n) is 2.20. The first-order valence-corrected chi connectivity index (χ1v) is 2.90. The van der Waals surface area contributed by atoms with E-state index in [-0.39, 0.29) is 12.3 Å². The molecular weight excluding hydrogens is 114 g/mol. The van der Waals surface area contributed by atoms with Crippen molar-refractivity contribution in [2.24, 2.45) is 5.73 Å². The summed E-state index contributed by atoms with van der Waals surface area (Å²) in [5, 5.41) is 0. The van der Waals surface area contributed by atoms with Gasteiger partial charge in [0.2, 0.25) is 0 Å². The fourth-order valence-electron chi connectivity index (χ4n) is 0.545. The van der Waals surface area contributed by atoms with Gasteiger partial charge in [-0.2, -0.15) is 0 Å². The van der Waals surface area contributed by atoms with E-state index in [2.05, 4.69) is 11.8 Å². The lowest BCUT2D eigenvalue weighted by atomic mass is 10.1. The number of nitrogens with two attached hydrogens (primary N) is 1. The standard InChI is InChI=1S/C7H13NO/c1-4-5-7(2,3)9-6-8/h6,8H2,1-3H3. The molecule has 0 saturated heterocycles. The lowest BCUT2D eigenvalue weighted by Gasteiger charge is -2.16. The van der Waals surface area contributed by atoms with E-state index in [4.69, 9.17) is 10.5 Å². The van der Waals surface area contributed by atoms with Gasteiger partial charge in [0.05, 0.1) is 6.73 Å². The molecule has 0 rings (SSSR count). The van der Waals surface area contributed by atoms with E-state index in [0.29, 0.717) is 0 Å². The first-order valence-electron chi connectivity index (χ1n) is 2.90. The van der Waals surface area contributed by atoms with Crippen molar-refractivity contribution >= 4 is 0 Å². The van der Waals surface area contributed by atoms with Crippen LogP contribution in [0.25, 0.3) is 0 Å². The predicted octanol–water partition coefficient (Wildman–Crippen LogP) is 0.721. The quantitative estimate of drug-likeness (QED) is 0.438. The van der Waals surface area contributed by atoms with E-state index in [1.54, 1.807) is 6.92 Å². The molecule has 0 radical (unpaired) electrons. The lowest BCUT2D eigenvalue weighted by Crippen LogP contribution is -2.25. The number of ether oxygens (including phenoxy) is 1. The maximum absolute atomic E-state index is 5.15. The topological polar surface area (TPSA) is 35.2 Å². The molecular formula is C7H13NO. The molecule has 0 unspecified atom stereocenters. The van der Waals surface area contributed by atoms with E-state index in [9.17, 15) is 0 Å². The third-order valence-corrected chi connectivity index (χ3v) is 0.870. The van der Waals surface area contributed by atoms with Crippen LogP contribution in [0.4, 0.5) is 0 Å². The SMILES string of the molecule is CC#CC(C)(C)OCN. The van der Waals surface area contributed by atoms with Gasteiger partial charge in [0, 0.05) is 0 Å². The molecule has 0 aliphatic heterocycles. The minimum atomic E-state index is -0.385. The largest absolute Gasteiger partial charge is 0.348 e. The van der Waals surface area contributed by atoms with Gasteiger partial charge < -0.3 is 10.5 Å². The van der Waals surface area contributed by atoms with Crippen LogP contribution in [0.3, 0.4) is 0 Å². The maximum atomic E-state index is 5.15. The van der Waals surface area contributed by atoms with Crippen molar-refractivity contribution < 1.29 is 4.74 Å². The van der Waals surface area contributed by atoms with Crippen LogP contribution in [0.15, 0.2) is 0 Å². The Bertz CT molecular complexity index is 130. The van der Waals surface area contributed by atoms with Crippen LogP contribution in [-0.2, 0) is 4.74 Å². The van der Waals surface area contributed by atoms with Crippen LogP contribution >= 0.6 is 0 Å². The van der Waals surface area contributed by atoms with Crippen molar-refractivity contribution in [2.75, 3.05) is 6.73 Å². The number of rotatable bonds is 2. The molecule has 0 atom stereocenters. The van der Waals surface area contributed by atoms with E-state index in [0.717, 1.165) is 0 Å². The van der Waals surface area contributed by atoms with Crippen molar-refractivity contribution in [1.29, 1.82) is 0 Å². The monoisotopic (exact) mass is 127 g/mol. The van der Waals surface area contributed by atoms with Gasteiger partial charge in [0.25, 0.3) is 0 Å². The van der Waals surface area contributed by atoms with Gasteiger partial charge in [0.15, 0.2) is 0 Å². The molecule has 0 aromatic heterocycles. The number of hydrogen-bond acceptors (Lipinski definition) is 2. The van der Waals surface area contributed by atoms with Crippen molar-refractivity contribution in [3.8, 4) is 11.8 Å². The van der Waals surface area contributed by atoms with Gasteiger partial charge in [-0.25, -0.2) is 0 Å². The molecule has 0 fully saturated rings. The Morgan fingerprint density at radius 2 is 2.11 bits per heavy atom. The summed E-state index contributed by atoms with van der Waals surface area (Å²) < 4.78 is 5.07. The zero-order valence-corrected chi connectivity index (χ0v) is 6.19. The summed E-state index contributed by atoms with van der Waals surface area (Å²) in [6.45, 7) is 5.77. The van der Waals surface area contributed by atoms with Crippen molar-refractivity contribution in [3.63, 3.8) is 0 Å². The third kappa shape index (κ3) is 4.01. The molecule has 0 aliphatic rings. The Morgan fingerprint density at radius 3 is 2.44 bits per heavy atom. The smallest absolute Gasteiger partial charge is 0.124 e. The minimum absolute atomic E-state index is 0.224. The van der Waals surface area contributed by atoms with Crippen molar-refractivity contribution in [1.82, 2.24) is 0 Å². The van der Waals surface area contributed by atoms with Crippen LogP contribution in [0.2, 0.25) is 0 Å². The Labute approximate surface area is 56.4 Å². The Balaban J connectivity index is 3.80. The van der Waals surface area contributed by atoms with Gasteiger partial charge in [-0.3, -0.25) is 0 Å². The Morgan fingerprint density at radius 1 is 1.56 bits per heavy atom. The second kappa shape index (κ2) is 3.49. The summed E-state index contributed by atoms with van der Waals surface area (Å²) in [5.74, 6) is 5.63. The van der Waals surface area contributed by atoms with E-state index < -0.39 is 0 Å². The highest BCUT2D eigenvalue weighted by molar-refractivity contribution is 5.08. The summed E-state index contributed by atoms with van der Waals surface area (Å²) in [6, 6.07) is 0. The molecule has 0 aromatic carbocycles. The molecule has 2 N–H and O–H groups in total. The normalized spacial score (nSPS) is 10.2. The minimum Gasteiger partial charge on any atom is -0.348 e. The van der Waals surface area contributed by atoms with Crippen LogP contribution in [0, 0.1) is 11.8 Å². The van der Waals surface area contributed by atoms with Gasteiger partial charge in [0.1, 0.15) is 5.60 Å². The van der Waals surface area contributed by atoms with Gasteiger partial charge in [-0.15, -0.1) is 5.92 Å². The fraction of sp³-hybridized carbons (Fsp3) is 0.714. The van der Waals surface area contributed by atoms with E-state index in [1.165, 1.54) is 0 Å². The molecule has 0 spiro atoms. The van der Waals surface area contributed by atoms with Crippen LogP contribution in [0.5, 0.6) is 0 Å². The average molecular weight is 127 g/mol. The second-order valence-corrected chi connectivity index (χ2v) is 2.20. The maximum Gasteiger partial charge on any atom is 0.124 e. The van der Waals surface area contributed by atoms with Crippen LogP contribution in [0.1, 0.15) is 20.8 Å². The summed E-state index contributed by atoms with van der Waals surface area (Å²) >= 11 is 0. The lowest BCUT2D eigenvalue weighted by molar-refractivity contribution is 0.0314. The Kier molecular flexibility index (Phi) is 3.29. The van der Waals surface area contributed by atoms with Crippen molar-refractivity contribution in [3.05, 3.63) is 0 Å². The summed E-state index contributed by atoms with van der Waals surface area (Å²) in [5.41, 5.74) is 4.77. The highest BCUT2D eigenvalue weighted by atomic mass is 16.5. The highest BCUT2D eigenvalue weighted by Crippen LogP contribution is 2.04. The molecule has 9 heavy (non-hydrogen) atoms. The first kappa shape index (κ1) is 8.48. The number of hydrogen-bond donors (Lipinski definition) is 1. The summed E-state index contributed by atoms with van der Waals surface area (Å²) in [7, 11) is 0. The molecule has 0 amide bonds.